The average Bonchev–Trinajstić information content (AvgIpc) is 2.96. The summed E-state index contributed by atoms with van der Waals surface area (Å²) in [6, 6.07) is 41.3. The number of fused-ring (bicyclic) bond motifs is 6. The number of aryl methyl sites for hydroxylation is 1. The van der Waals surface area contributed by atoms with Crippen LogP contribution >= 0.6 is 0 Å². The van der Waals surface area contributed by atoms with Crippen LogP contribution in [0.4, 0.5) is 28.4 Å². The van der Waals surface area contributed by atoms with Crippen LogP contribution in [0.1, 0.15) is 30.5 Å². The van der Waals surface area contributed by atoms with Crippen LogP contribution in [-0.2, 0) is 5.41 Å². The van der Waals surface area contributed by atoms with Crippen molar-refractivity contribution in [3.8, 4) is 0 Å². The number of hydrogen-bond donors (Lipinski definition) is 0. The first-order chi connectivity index (χ1) is 19.3. The fourth-order valence-electron chi connectivity index (χ4n) is 7.85. The molecule has 0 saturated carbocycles. The van der Waals surface area contributed by atoms with E-state index in [2.05, 4.69) is 153 Å². The zero-order valence-electron chi connectivity index (χ0n) is 23.9. The summed E-state index contributed by atoms with van der Waals surface area (Å²) in [5.74, 6) is 0. The molecule has 4 heteroatoms. The number of anilines is 5. The summed E-state index contributed by atoms with van der Waals surface area (Å²) < 4.78 is 0. The Hall–Kier alpha value is -4.02. The van der Waals surface area contributed by atoms with E-state index in [0.717, 1.165) is 0 Å². The van der Waals surface area contributed by atoms with Crippen molar-refractivity contribution in [2.24, 2.45) is 0 Å². The molecule has 0 atom stereocenters. The van der Waals surface area contributed by atoms with E-state index in [1.807, 2.05) is 0 Å². The zero-order chi connectivity index (χ0) is 27.4. The van der Waals surface area contributed by atoms with Gasteiger partial charge >= 0.3 is 6.85 Å². The fourth-order valence-corrected chi connectivity index (χ4v) is 10.9. The van der Waals surface area contributed by atoms with Gasteiger partial charge in [-0.2, -0.15) is 0 Å². The smallest absolute Gasteiger partial charge is 0.332 e. The Bertz CT molecular complexity index is 1860. The second kappa shape index (κ2) is 8.02. The van der Waals surface area contributed by atoms with Crippen LogP contribution in [0.2, 0.25) is 13.1 Å². The summed E-state index contributed by atoms with van der Waals surface area (Å²) in [7, 11) is -1.89. The van der Waals surface area contributed by atoms with Gasteiger partial charge in [-0.15, -0.1) is 0 Å². The van der Waals surface area contributed by atoms with Gasteiger partial charge in [0.15, 0.2) is 0 Å². The van der Waals surface area contributed by atoms with Gasteiger partial charge in [-0.25, -0.2) is 0 Å². The molecular weight excluding hydrogens is 499 g/mol. The van der Waals surface area contributed by atoms with Crippen LogP contribution in [0.25, 0.3) is 0 Å². The molecule has 0 spiro atoms. The van der Waals surface area contributed by atoms with Gasteiger partial charge in [0.1, 0.15) is 8.07 Å². The van der Waals surface area contributed by atoms with E-state index in [0.29, 0.717) is 0 Å². The standard InChI is InChI=1S/C36H33BN2Si/c1-24-14-12-23-33-34(24)39(31-21-10-11-22-32(31)40(33,4)5)37-27-17-7-9-20-30(27)38-29-19-8-6-15-25(29)36(2,3)26-16-13-18-28(37)35(26)38/h6-23H,1-5H3. The highest BCUT2D eigenvalue weighted by Gasteiger charge is 2.49. The molecule has 8 rings (SSSR count). The lowest BCUT2D eigenvalue weighted by atomic mass is 9.45. The molecule has 0 amide bonds. The predicted molar refractivity (Wildman–Crippen MR) is 175 cm³/mol. The lowest BCUT2D eigenvalue weighted by Crippen LogP contribution is -2.67. The number of rotatable bonds is 1. The largest absolute Gasteiger partial charge is 0.377 e. The second-order valence-electron chi connectivity index (χ2n) is 12.7. The Morgan fingerprint density at radius 1 is 0.575 bits per heavy atom. The molecule has 0 radical (unpaired) electrons. The lowest BCUT2D eigenvalue weighted by molar-refractivity contribution is 0.632. The Labute approximate surface area is 239 Å². The maximum Gasteiger partial charge on any atom is 0.332 e. The minimum atomic E-state index is -1.89. The summed E-state index contributed by atoms with van der Waals surface area (Å²) in [5.41, 5.74) is 13.5. The third kappa shape index (κ3) is 2.90. The van der Waals surface area contributed by atoms with Gasteiger partial charge in [0.2, 0.25) is 0 Å². The topological polar surface area (TPSA) is 6.48 Å². The number of nitrogens with zero attached hydrogens (tertiary/aromatic N) is 2. The van der Waals surface area contributed by atoms with Crippen LogP contribution < -0.4 is 31.0 Å². The molecule has 5 aromatic rings. The van der Waals surface area contributed by atoms with Crippen molar-refractivity contribution in [3.63, 3.8) is 0 Å². The third-order valence-corrected chi connectivity index (χ3v) is 13.3. The SMILES string of the molecule is Cc1cccc2c1N(B1c3ccccc3N3c4ccccc4C(C)(C)c4cccc1c43)c1ccccc1[Si]2(C)C. The van der Waals surface area contributed by atoms with E-state index in [9.17, 15) is 0 Å². The third-order valence-electron chi connectivity index (χ3n) is 9.80. The molecule has 3 aliphatic rings. The second-order valence-corrected chi connectivity index (χ2v) is 17.0. The minimum Gasteiger partial charge on any atom is -0.377 e. The summed E-state index contributed by atoms with van der Waals surface area (Å²) in [6.45, 7) is 12.2. The summed E-state index contributed by atoms with van der Waals surface area (Å²) >= 11 is 0. The highest BCUT2D eigenvalue weighted by atomic mass is 28.3. The van der Waals surface area contributed by atoms with Crippen molar-refractivity contribution in [1.29, 1.82) is 0 Å². The van der Waals surface area contributed by atoms with Crippen LogP contribution in [0.3, 0.4) is 0 Å². The van der Waals surface area contributed by atoms with Gasteiger partial charge in [-0.1, -0.05) is 118 Å². The molecule has 194 valence electrons. The van der Waals surface area contributed by atoms with Crippen molar-refractivity contribution < 1.29 is 0 Å². The van der Waals surface area contributed by atoms with Gasteiger partial charge in [0.05, 0.1) is 5.69 Å². The molecule has 0 N–H and O–H groups in total. The molecule has 0 fully saturated rings. The van der Waals surface area contributed by atoms with Crippen molar-refractivity contribution in [2.75, 3.05) is 9.71 Å². The van der Waals surface area contributed by atoms with Crippen LogP contribution in [0.5, 0.6) is 0 Å². The average molecular weight is 533 g/mol. The molecule has 3 aliphatic heterocycles. The number of hydrogen-bond acceptors (Lipinski definition) is 2. The van der Waals surface area contributed by atoms with Gasteiger partial charge in [-0.3, -0.25) is 0 Å². The van der Waals surface area contributed by atoms with Crippen molar-refractivity contribution in [2.45, 2.75) is 39.3 Å². The Balaban J connectivity index is 1.49. The first-order valence-electron chi connectivity index (χ1n) is 14.4. The monoisotopic (exact) mass is 532 g/mol. The first-order valence-corrected chi connectivity index (χ1v) is 17.4. The predicted octanol–water partition coefficient (Wildman–Crippen LogP) is 6.50. The maximum atomic E-state index is 2.69. The maximum absolute atomic E-state index is 2.69. The molecule has 0 unspecified atom stereocenters. The summed E-state index contributed by atoms with van der Waals surface area (Å²) in [6.07, 6.45) is 0. The Kier molecular flexibility index (Phi) is 4.78. The van der Waals surface area contributed by atoms with E-state index in [-0.39, 0.29) is 12.3 Å². The molecule has 0 aromatic heterocycles. The molecule has 2 nitrogen and oxygen atoms in total. The minimum absolute atomic E-state index is 0.0644. The Morgan fingerprint density at radius 2 is 1.18 bits per heavy atom. The highest BCUT2D eigenvalue weighted by Crippen LogP contribution is 2.52. The van der Waals surface area contributed by atoms with Gasteiger partial charge in [-0.05, 0) is 63.1 Å². The molecule has 0 bridgehead atoms. The van der Waals surface area contributed by atoms with Crippen LogP contribution in [-0.4, -0.2) is 14.9 Å². The molecular formula is C36H33BN2Si. The molecule has 5 aromatic carbocycles. The van der Waals surface area contributed by atoms with E-state index in [1.165, 1.54) is 66.4 Å². The van der Waals surface area contributed by atoms with E-state index in [1.54, 1.807) is 0 Å². The number of benzene rings is 5. The fraction of sp³-hybridized carbons (Fsp3) is 0.167. The van der Waals surface area contributed by atoms with Crippen molar-refractivity contribution in [1.82, 2.24) is 0 Å². The zero-order valence-corrected chi connectivity index (χ0v) is 24.9. The van der Waals surface area contributed by atoms with Crippen molar-refractivity contribution >= 4 is 64.7 Å². The first kappa shape index (κ1) is 23.8. The van der Waals surface area contributed by atoms with Crippen molar-refractivity contribution in [3.05, 3.63) is 126 Å². The highest BCUT2D eigenvalue weighted by molar-refractivity contribution is 7.04. The molecule has 0 aliphatic carbocycles. The van der Waals surface area contributed by atoms with E-state index in [4.69, 9.17) is 0 Å². The van der Waals surface area contributed by atoms with E-state index >= 15 is 0 Å². The van der Waals surface area contributed by atoms with Crippen LogP contribution in [0, 0.1) is 6.92 Å². The summed E-state index contributed by atoms with van der Waals surface area (Å²) in [5, 5.41) is 3.05. The Morgan fingerprint density at radius 3 is 2.00 bits per heavy atom. The van der Waals surface area contributed by atoms with Gasteiger partial charge in [0.25, 0.3) is 0 Å². The summed E-state index contributed by atoms with van der Waals surface area (Å²) in [4.78, 5) is 5.24. The number of para-hydroxylation sites is 5. The van der Waals surface area contributed by atoms with E-state index < -0.39 is 8.07 Å². The van der Waals surface area contributed by atoms with Crippen LogP contribution in [0.15, 0.2) is 109 Å². The normalized spacial score (nSPS) is 16.9. The van der Waals surface area contributed by atoms with Gasteiger partial charge < -0.3 is 9.71 Å². The molecule has 3 heterocycles. The molecule has 0 saturated heterocycles. The lowest BCUT2D eigenvalue weighted by Gasteiger charge is -2.50. The van der Waals surface area contributed by atoms with Gasteiger partial charge in [0, 0.05) is 28.2 Å². The molecule has 40 heavy (non-hydrogen) atoms. The quantitative estimate of drug-likeness (QED) is 0.228.